The number of para-hydroxylation sites is 1. The van der Waals surface area contributed by atoms with Crippen molar-refractivity contribution in [1.29, 1.82) is 0 Å². The number of aryl methyl sites for hydroxylation is 1. The molecule has 0 aliphatic carbocycles. The van der Waals surface area contributed by atoms with Crippen LogP contribution in [0.25, 0.3) is 16.7 Å². The third-order valence-corrected chi connectivity index (χ3v) is 5.74. The first-order chi connectivity index (χ1) is 12.7. The summed E-state index contributed by atoms with van der Waals surface area (Å²) < 4.78 is 4.78. The van der Waals surface area contributed by atoms with Crippen molar-refractivity contribution >= 4 is 44.4 Å². The zero-order chi connectivity index (χ0) is 18.1. The Hall–Kier alpha value is -2.12. The minimum absolute atomic E-state index is 0.00758. The van der Waals surface area contributed by atoms with Crippen LogP contribution in [0, 0.1) is 0 Å². The van der Waals surface area contributed by atoms with Gasteiger partial charge in [-0.15, -0.1) is 10.2 Å². The summed E-state index contributed by atoms with van der Waals surface area (Å²) in [4.78, 5) is 12.8. The molecule has 0 aliphatic heterocycles. The Morgan fingerprint density at radius 1 is 1.08 bits per heavy atom. The van der Waals surface area contributed by atoms with E-state index in [9.17, 15) is 4.79 Å². The quantitative estimate of drug-likeness (QED) is 0.438. The van der Waals surface area contributed by atoms with Gasteiger partial charge < -0.3 is 0 Å². The van der Waals surface area contributed by atoms with Gasteiger partial charge in [-0.3, -0.25) is 13.8 Å². The van der Waals surface area contributed by atoms with Crippen LogP contribution in [0.2, 0.25) is 0 Å². The molecule has 0 N–H and O–H groups in total. The summed E-state index contributed by atoms with van der Waals surface area (Å²) in [6.45, 7) is 2.68. The molecule has 0 saturated carbocycles. The van der Waals surface area contributed by atoms with Crippen LogP contribution in [0.4, 0.5) is 0 Å². The van der Waals surface area contributed by atoms with Crippen LogP contribution in [-0.2, 0) is 12.3 Å². The Kier molecular flexibility index (Phi) is 4.82. The fourth-order valence-electron chi connectivity index (χ4n) is 2.98. The lowest BCUT2D eigenvalue weighted by molar-refractivity contribution is 0.662. The number of thioether (sulfide) groups is 1. The van der Waals surface area contributed by atoms with Gasteiger partial charge in [0.05, 0.1) is 10.9 Å². The van der Waals surface area contributed by atoms with Crippen molar-refractivity contribution < 1.29 is 0 Å². The predicted molar refractivity (Wildman–Crippen MR) is 109 cm³/mol. The van der Waals surface area contributed by atoms with E-state index in [4.69, 9.17) is 0 Å². The lowest BCUT2D eigenvalue weighted by atomic mass is 10.2. The number of benzene rings is 2. The average molecular weight is 429 g/mol. The standard InChI is InChI=1S/C19H17BrN4OS/c1-2-11-23-17(25)15-5-3-4-6-16(15)24-18(23)21-22-19(24)26-12-13-7-9-14(20)10-8-13/h3-10H,2,11-12H2,1H3. The van der Waals surface area contributed by atoms with E-state index in [0.29, 0.717) is 17.7 Å². The van der Waals surface area contributed by atoms with Crippen molar-refractivity contribution in [2.24, 2.45) is 0 Å². The molecule has 26 heavy (non-hydrogen) atoms. The third-order valence-electron chi connectivity index (χ3n) is 4.21. The van der Waals surface area contributed by atoms with Gasteiger partial charge in [0.2, 0.25) is 5.78 Å². The summed E-state index contributed by atoms with van der Waals surface area (Å²) in [5, 5.41) is 10.2. The van der Waals surface area contributed by atoms with E-state index in [2.05, 4.69) is 45.2 Å². The van der Waals surface area contributed by atoms with Crippen molar-refractivity contribution in [1.82, 2.24) is 19.2 Å². The first-order valence-electron chi connectivity index (χ1n) is 8.43. The Balaban J connectivity index is 1.83. The first-order valence-corrected chi connectivity index (χ1v) is 10.2. The molecule has 0 fully saturated rings. The van der Waals surface area contributed by atoms with Crippen LogP contribution in [0.15, 0.2) is 63.0 Å². The summed E-state index contributed by atoms with van der Waals surface area (Å²) in [7, 11) is 0. The van der Waals surface area contributed by atoms with Gasteiger partial charge in [-0.25, -0.2) is 0 Å². The fourth-order valence-corrected chi connectivity index (χ4v) is 4.14. The zero-order valence-electron chi connectivity index (χ0n) is 14.2. The van der Waals surface area contributed by atoms with Gasteiger partial charge in [0.1, 0.15) is 0 Å². The summed E-state index contributed by atoms with van der Waals surface area (Å²) in [5.74, 6) is 1.39. The number of nitrogens with zero attached hydrogens (tertiary/aromatic N) is 4. The largest absolute Gasteiger partial charge is 0.276 e. The summed E-state index contributed by atoms with van der Waals surface area (Å²) in [5.41, 5.74) is 2.05. The average Bonchev–Trinajstić information content (AvgIpc) is 3.09. The van der Waals surface area contributed by atoms with Crippen LogP contribution in [0.3, 0.4) is 0 Å². The van der Waals surface area contributed by atoms with Gasteiger partial charge in [0, 0.05) is 16.8 Å². The van der Waals surface area contributed by atoms with E-state index < -0.39 is 0 Å². The van der Waals surface area contributed by atoms with Gasteiger partial charge in [-0.2, -0.15) is 0 Å². The Bertz CT molecular complexity index is 1130. The molecule has 2 aromatic carbocycles. The van der Waals surface area contributed by atoms with E-state index >= 15 is 0 Å². The third kappa shape index (κ3) is 3.05. The Morgan fingerprint density at radius 3 is 2.62 bits per heavy atom. The summed E-state index contributed by atoms with van der Waals surface area (Å²) in [6.07, 6.45) is 0.863. The Labute approximate surface area is 163 Å². The van der Waals surface area contributed by atoms with Crippen LogP contribution in [-0.4, -0.2) is 19.2 Å². The van der Waals surface area contributed by atoms with E-state index in [0.717, 1.165) is 27.3 Å². The molecule has 0 amide bonds. The molecule has 2 aromatic heterocycles. The maximum absolute atomic E-state index is 12.8. The maximum atomic E-state index is 12.8. The highest BCUT2D eigenvalue weighted by atomic mass is 79.9. The smallest absolute Gasteiger partial charge is 0.262 e. The van der Waals surface area contributed by atoms with Crippen molar-refractivity contribution in [3.8, 4) is 0 Å². The van der Waals surface area contributed by atoms with Gasteiger partial charge in [-0.1, -0.05) is 58.9 Å². The fraction of sp³-hybridized carbons (Fsp3) is 0.211. The molecule has 4 rings (SSSR count). The number of aromatic nitrogens is 4. The molecule has 2 heterocycles. The highest BCUT2D eigenvalue weighted by Crippen LogP contribution is 2.25. The van der Waals surface area contributed by atoms with Gasteiger partial charge in [0.15, 0.2) is 5.16 Å². The summed E-state index contributed by atoms with van der Waals surface area (Å²) in [6, 6.07) is 15.9. The van der Waals surface area contributed by atoms with Crippen LogP contribution >= 0.6 is 27.7 Å². The molecule has 5 nitrogen and oxygen atoms in total. The molecular formula is C19H17BrN4OS. The van der Waals surface area contributed by atoms with Crippen molar-refractivity contribution in [3.05, 3.63) is 68.9 Å². The number of rotatable bonds is 5. The monoisotopic (exact) mass is 428 g/mol. The molecule has 0 atom stereocenters. The number of hydrogen-bond donors (Lipinski definition) is 0. The molecule has 132 valence electrons. The van der Waals surface area contributed by atoms with Gasteiger partial charge >= 0.3 is 0 Å². The van der Waals surface area contributed by atoms with Crippen LogP contribution in [0.5, 0.6) is 0 Å². The lowest BCUT2D eigenvalue weighted by Crippen LogP contribution is -2.23. The van der Waals surface area contributed by atoms with Crippen LogP contribution < -0.4 is 5.56 Å². The highest BCUT2D eigenvalue weighted by molar-refractivity contribution is 9.10. The SMILES string of the molecule is CCCn1c(=O)c2ccccc2n2c(SCc3ccc(Br)cc3)nnc12. The minimum atomic E-state index is -0.00758. The molecule has 0 unspecified atom stereocenters. The molecule has 7 heteroatoms. The van der Waals surface area contributed by atoms with Crippen LogP contribution in [0.1, 0.15) is 18.9 Å². The van der Waals surface area contributed by atoms with E-state index in [1.807, 2.05) is 40.8 Å². The van der Waals surface area contributed by atoms with Crippen molar-refractivity contribution in [2.75, 3.05) is 0 Å². The molecule has 0 aliphatic rings. The lowest BCUT2D eigenvalue weighted by Gasteiger charge is -2.10. The molecule has 0 saturated heterocycles. The summed E-state index contributed by atoms with van der Waals surface area (Å²) >= 11 is 5.08. The van der Waals surface area contributed by atoms with Crippen molar-refractivity contribution in [3.63, 3.8) is 0 Å². The topological polar surface area (TPSA) is 52.2 Å². The normalized spacial score (nSPS) is 11.5. The Morgan fingerprint density at radius 2 is 1.85 bits per heavy atom. The molecule has 0 radical (unpaired) electrons. The maximum Gasteiger partial charge on any atom is 0.262 e. The number of fused-ring (bicyclic) bond motifs is 3. The van der Waals surface area contributed by atoms with Gasteiger partial charge in [0.25, 0.3) is 5.56 Å². The molecule has 4 aromatic rings. The first kappa shape index (κ1) is 17.3. The predicted octanol–water partition coefficient (Wildman–Crippen LogP) is 4.51. The van der Waals surface area contributed by atoms with E-state index in [-0.39, 0.29) is 5.56 Å². The second-order valence-corrected chi connectivity index (χ2v) is 7.87. The van der Waals surface area contributed by atoms with Crippen molar-refractivity contribution in [2.45, 2.75) is 30.8 Å². The minimum Gasteiger partial charge on any atom is -0.276 e. The van der Waals surface area contributed by atoms with E-state index in [1.165, 1.54) is 5.56 Å². The second-order valence-electron chi connectivity index (χ2n) is 6.01. The number of hydrogen-bond acceptors (Lipinski definition) is 4. The second kappa shape index (κ2) is 7.25. The van der Waals surface area contributed by atoms with Gasteiger partial charge in [-0.05, 0) is 36.2 Å². The zero-order valence-corrected chi connectivity index (χ0v) is 16.6. The molecule has 0 spiro atoms. The highest BCUT2D eigenvalue weighted by Gasteiger charge is 2.16. The molecule has 0 bridgehead atoms. The number of halogens is 1. The van der Waals surface area contributed by atoms with E-state index in [1.54, 1.807) is 16.3 Å². The molecular weight excluding hydrogens is 412 g/mol.